The summed E-state index contributed by atoms with van der Waals surface area (Å²) >= 11 is 0. The summed E-state index contributed by atoms with van der Waals surface area (Å²) in [7, 11) is 2.77. The molecule has 0 aliphatic heterocycles. The number of fused-ring (bicyclic) bond motifs is 3. The molecule has 0 heterocycles. The van der Waals surface area contributed by atoms with E-state index in [1.807, 2.05) is 0 Å². The molecule has 3 aliphatic rings. The molecule has 4 rings (SSSR count). The third kappa shape index (κ3) is 2.67. The van der Waals surface area contributed by atoms with Crippen LogP contribution in [0.4, 0.5) is 0 Å². The molecule has 0 saturated heterocycles. The lowest BCUT2D eigenvalue weighted by atomic mass is 9.48. The fraction of sp³-hybridized carbons (Fsp3) is 0.500. The minimum atomic E-state index is -3.10. The van der Waals surface area contributed by atoms with Crippen molar-refractivity contribution in [2.75, 3.05) is 14.1 Å². The molecule has 11 nitrogen and oxygen atoms in total. The number of ketones is 4. The first-order valence-corrected chi connectivity index (χ1v) is 10.3. The molecule has 1 amide bonds. The highest BCUT2D eigenvalue weighted by Gasteiger charge is 2.74. The molecular formula is C22H24N2O9. The van der Waals surface area contributed by atoms with Crippen LogP contribution in [0.25, 0.3) is 0 Å². The lowest BCUT2D eigenvalue weighted by Crippen LogP contribution is -2.78. The highest BCUT2D eigenvalue weighted by Crippen LogP contribution is 2.55. The van der Waals surface area contributed by atoms with E-state index >= 15 is 0 Å². The molecule has 0 radical (unpaired) electrons. The van der Waals surface area contributed by atoms with Gasteiger partial charge in [-0.25, -0.2) is 0 Å². The first-order chi connectivity index (χ1) is 15.2. The van der Waals surface area contributed by atoms with E-state index in [1.54, 1.807) is 0 Å². The van der Waals surface area contributed by atoms with Crippen LogP contribution in [0.3, 0.4) is 0 Å². The molecule has 0 spiro atoms. The number of hydrogen-bond acceptors (Lipinski definition) is 10. The molecule has 176 valence electrons. The number of Topliss-reactive ketones (excluding diaryl/α,β-unsaturated/α-hetero) is 4. The van der Waals surface area contributed by atoms with Gasteiger partial charge in [-0.1, -0.05) is 12.1 Å². The zero-order valence-electron chi connectivity index (χ0n) is 18.1. The van der Waals surface area contributed by atoms with E-state index < -0.39 is 81.8 Å². The number of phenols is 1. The van der Waals surface area contributed by atoms with E-state index in [1.165, 1.54) is 44.1 Å². The Kier molecular flexibility index (Phi) is 4.92. The van der Waals surface area contributed by atoms with Gasteiger partial charge in [0.05, 0.1) is 35.1 Å². The monoisotopic (exact) mass is 460 g/mol. The van der Waals surface area contributed by atoms with E-state index in [0.717, 1.165) is 0 Å². The predicted molar refractivity (Wildman–Crippen MR) is 109 cm³/mol. The average Bonchev–Trinajstić information content (AvgIpc) is 2.70. The maximum absolute atomic E-state index is 13.7. The van der Waals surface area contributed by atoms with Gasteiger partial charge in [0.2, 0.25) is 5.91 Å². The molecular weight excluding hydrogens is 436 g/mol. The maximum atomic E-state index is 13.7. The lowest BCUT2D eigenvalue weighted by Gasteiger charge is -2.57. The first kappa shape index (κ1) is 23.2. The number of nitrogens with zero attached hydrogens (tertiary/aromatic N) is 1. The summed E-state index contributed by atoms with van der Waals surface area (Å²) in [5.41, 5.74) is -0.350. The zero-order valence-corrected chi connectivity index (χ0v) is 18.1. The number of primary amides is 1. The predicted octanol–water partition coefficient (Wildman–Crippen LogP) is -2.50. The Hall–Kier alpha value is -2.99. The largest absolute Gasteiger partial charge is 0.507 e. The quantitative estimate of drug-likeness (QED) is 0.294. The van der Waals surface area contributed by atoms with E-state index in [4.69, 9.17) is 5.73 Å². The Morgan fingerprint density at radius 2 is 1.67 bits per heavy atom. The minimum absolute atomic E-state index is 0.0454. The van der Waals surface area contributed by atoms with Crippen LogP contribution in [0.5, 0.6) is 5.75 Å². The van der Waals surface area contributed by atoms with Gasteiger partial charge < -0.3 is 26.2 Å². The normalized spacial score (nSPS) is 40.3. The Balaban J connectivity index is 2.01. The van der Waals surface area contributed by atoms with Gasteiger partial charge in [-0.2, -0.15) is 0 Å². The van der Waals surface area contributed by atoms with Gasteiger partial charge in [0.25, 0.3) is 0 Å². The van der Waals surface area contributed by atoms with Crippen LogP contribution in [0.15, 0.2) is 18.2 Å². The van der Waals surface area contributed by atoms with Crippen molar-refractivity contribution in [3.05, 3.63) is 29.3 Å². The highest BCUT2D eigenvalue weighted by molar-refractivity contribution is 6.32. The zero-order chi connectivity index (χ0) is 24.8. The van der Waals surface area contributed by atoms with Crippen LogP contribution in [-0.2, 0) is 24.8 Å². The number of aliphatic hydroxyl groups excluding tert-OH is 1. The second-order valence-corrected chi connectivity index (χ2v) is 9.37. The number of carbonyl (C=O) groups is 5. The van der Waals surface area contributed by atoms with Gasteiger partial charge in [0.1, 0.15) is 5.75 Å². The smallest absolute Gasteiger partial charge is 0.235 e. The minimum Gasteiger partial charge on any atom is -0.507 e. The summed E-state index contributed by atoms with van der Waals surface area (Å²) in [6.07, 6.45) is -1.90. The maximum Gasteiger partial charge on any atom is 0.235 e. The molecule has 1 aromatic rings. The number of rotatable bonds is 2. The second kappa shape index (κ2) is 7.00. The topological polar surface area (TPSA) is 196 Å². The number of phenolic OH excluding ortho intramolecular Hbond substituents is 1. The van der Waals surface area contributed by atoms with E-state index in [0.29, 0.717) is 0 Å². The van der Waals surface area contributed by atoms with Crippen LogP contribution in [0.2, 0.25) is 0 Å². The van der Waals surface area contributed by atoms with Crippen molar-refractivity contribution in [3.8, 4) is 5.75 Å². The van der Waals surface area contributed by atoms with Crippen LogP contribution in [-0.4, -0.2) is 86.2 Å². The summed E-state index contributed by atoms with van der Waals surface area (Å²) in [5, 5.41) is 44.5. The Morgan fingerprint density at radius 1 is 1.06 bits per heavy atom. The number of aliphatic hydroxyl groups is 3. The standard InChI is InChI=1S/C22H24N2O9/c1-21(32)7-5-4-6-8(25)9(7)15(26)10-12(21)17(28)13-14(24(2)3)16(27)11(20(23)31)19(30)22(13,33)18(10)29/h4-6,10-14,17,25,28,32-33H,1-3H3,(H2,23,31)/t10?,11?,12-,13+,14?,17+,21-,22+/m1/s1. The summed E-state index contributed by atoms with van der Waals surface area (Å²) in [4.78, 5) is 66.4. The molecule has 0 aromatic heterocycles. The van der Waals surface area contributed by atoms with Crippen molar-refractivity contribution < 1.29 is 44.4 Å². The number of amides is 1. The highest BCUT2D eigenvalue weighted by atomic mass is 16.3. The Bertz CT molecular complexity index is 1130. The van der Waals surface area contributed by atoms with Gasteiger partial charge in [-0.3, -0.25) is 28.9 Å². The fourth-order valence-corrected chi connectivity index (χ4v) is 5.97. The van der Waals surface area contributed by atoms with Crippen LogP contribution in [0, 0.1) is 23.7 Å². The number of nitrogens with two attached hydrogens (primary N) is 1. The lowest BCUT2D eigenvalue weighted by molar-refractivity contribution is -0.210. The third-order valence-electron chi connectivity index (χ3n) is 7.40. The van der Waals surface area contributed by atoms with E-state index in [2.05, 4.69) is 0 Å². The van der Waals surface area contributed by atoms with Gasteiger partial charge >= 0.3 is 0 Å². The molecule has 2 saturated carbocycles. The molecule has 8 atom stereocenters. The summed E-state index contributed by atoms with van der Waals surface area (Å²) in [6, 6.07) is 2.40. The molecule has 1 aromatic carbocycles. The average molecular weight is 460 g/mol. The molecule has 11 heteroatoms. The molecule has 6 N–H and O–H groups in total. The molecule has 33 heavy (non-hydrogen) atoms. The van der Waals surface area contributed by atoms with Crippen molar-refractivity contribution in [1.29, 1.82) is 0 Å². The van der Waals surface area contributed by atoms with Gasteiger partial charge in [-0.15, -0.1) is 0 Å². The van der Waals surface area contributed by atoms with Crippen molar-refractivity contribution >= 4 is 29.0 Å². The van der Waals surface area contributed by atoms with Crippen molar-refractivity contribution in [1.82, 2.24) is 4.90 Å². The van der Waals surface area contributed by atoms with Crippen molar-refractivity contribution in [2.45, 2.75) is 30.3 Å². The van der Waals surface area contributed by atoms with E-state index in [9.17, 15) is 44.4 Å². The van der Waals surface area contributed by atoms with Crippen LogP contribution < -0.4 is 5.73 Å². The van der Waals surface area contributed by atoms with Gasteiger partial charge in [-0.05, 0) is 32.6 Å². The summed E-state index contributed by atoms with van der Waals surface area (Å²) in [6.45, 7) is 1.24. The number of hydrogen-bond donors (Lipinski definition) is 5. The summed E-state index contributed by atoms with van der Waals surface area (Å²) in [5.74, 6) is -14.2. The molecule has 0 bridgehead atoms. The van der Waals surface area contributed by atoms with Crippen molar-refractivity contribution in [3.63, 3.8) is 0 Å². The molecule has 3 aliphatic carbocycles. The third-order valence-corrected chi connectivity index (χ3v) is 7.40. The summed E-state index contributed by atoms with van der Waals surface area (Å²) < 4.78 is 0. The number of likely N-dealkylation sites (N-methyl/N-ethyl adjacent to an activating group) is 1. The number of benzene rings is 1. The van der Waals surface area contributed by atoms with E-state index in [-0.39, 0.29) is 11.1 Å². The van der Waals surface area contributed by atoms with Gasteiger partial charge in [0.15, 0.2) is 34.7 Å². The van der Waals surface area contributed by atoms with Gasteiger partial charge in [0, 0.05) is 5.92 Å². The molecule has 2 fully saturated rings. The Morgan fingerprint density at radius 3 is 2.21 bits per heavy atom. The van der Waals surface area contributed by atoms with Crippen LogP contribution >= 0.6 is 0 Å². The number of carbonyl (C=O) groups excluding carboxylic acids is 5. The first-order valence-electron chi connectivity index (χ1n) is 10.3. The van der Waals surface area contributed by atoms with Crippen LogP contribution in [0.1, 0.15) is 22.8 Å². The molecule has 3 unspecified atom stereocenters. The second-order valence-electron chi connectivity index (χ2n) is 9.37. The fourth-order valence-electron chi connectivity index (χ4n) is 5.97. The SMILES string of the molecule is CN(C)C1C(=O)C(C(N)=O)C(=O)[C@@]2(O)C(=O)C3C(=O)c4c(O)cccc4[C@@](C)(O)[C@H]3[C@H](O)[C@H]12. The Labute approximate surface area is 187 Å². The van der Waals surface area contributed by atoms with Crippen molar-refractivity contribution in [2.24, 2.45) is 29.4 Å². The number of aromatic hydroxyl groups is 1.